The molecule has 1 aromatic carbocycles. The number of carbonyl (C=O) groups excluding carboxylic acids is 1. The molecular weight excluding hydrogens is 252 g/mol. The van der Waals surface area contributed by atoms with Crippen LogP contribution in [0.15, 0.2) is 24.5 Å². The lowest BCUT2D eigenvalue weighted by atomic mass is 9.98. The van der Waals surface area contributed by atoms with Crippen LogP contribution < -0.4 is 0 Å². The fourth-order valence-electron chi connectivity index (χ4n) is 1.73. The summed E-state index contributed by atoms with van der Waals surface area (Å²) < 4.78 is 9.78. The number of rotatable bonds is 4. The quantitative estimate of drug-likeness (QED) is 0.365. The first kappa shape index (κ1) is 15.8. The number of unbranched alkanes of at least 4 members (excludes halogenated alkanes) is 1. The van der Waals surface area contributed by atoms with Crippen LogP contribution in [0.2, 0.25) is 0 Å². The number of ether oxygens (including phenoxy) is 2. The Morgan fingerprint density at radius 3 is 2.70 bits per heavy atom. The molecule has 3 heteroatoms. The first-order chi connectivity index (χ1) is 9.63. The highest BCUT2D eigenvalue weighted by Gasteiger charge is 2.16. The van der Waals surface area contributed by atoms with Crippen LogP contribution in [0.1, 0.15) is 36.5 Å². The van der Waals surface area contributed by atoms with Crippen LogP contribution >= 0.6 is 0 Å². The molecule has 0 saturated heterocycles. The zero-order chi connectivity index (χ0) is 15.0. The summed E-state index contributed by atoms with van der Waals surface area (Å²) in [5, 5.41) is 0. The molecule has 0 saturated carbocycles. The number of carbonyl (C=O) groups is 1. The average Bonchev–Trinajstić information content (AvgIpc) is 2.45. The molecule has 106 valence electrons. The van der Waals surface area contributed by atoms with E-state index in [4.69, 9.17) is 9.47 Å². The van der Waals surface area contributed by atoms with Crippen LogP contribution in [0.25, 0.3) is 5.57 Å². The molecule has 0 N–H and O–H groups in total. The number of esters is 1. The van der Waals surface area contributed by atoms with Crippen molar-refractivity contribution in [3.05, 3.63) is 41.2 Å². The molecule has 3 nitrogen and oxygen atoms in total. The monoisotopic (exact) mass is 272 g/mol. The number of hydrogen-bond acceptors (Lipinski definition) is 3. The van der Waals surface area contributed by atoms with E-state index in [1.807, 2.05) is 25.1 Å². The lowest BCUT2D eigenvalue weighted by molar-refractivity contribution is -0.133. The highest BCUT2D eigenvalue weighted by atomic mass is 16.5. The second-order valence-corrected chi connectivity index (χ2v) is 4.36. The van der Waals surface area contributed by atoms with Gasteiger partial charge in [-0.1, -0.05) is 30.9 Å². The second-order valence-electron chi connectivity index (χ2n) is 4.36. The van der Waals surface area contributed by atoms with Crippen molar-refractivity contribution in [2.75, 3.05) is 14.2 Å². The van der Waals surface area contributed by atoms with Gasteiger partial charge in [-0.2, -0.15) is 0 Å². The second kappa shape index (κ2) is 8.06. The third-order valence-corrected chi connectivity index (χ3v) is 2.70. The van der Waals surface area contributed by atoms with Crippen molar-refractivity contribution in [1.29, 1.82) is 0 Å². The SMILES string of the molecule is CCCC#Cc1cc(C)ccc1/C(=C\OC)C(=O)OC. The van der Waals surface area contributed by atoms with Gasteiger partial charge in [-0.3, -0.25) is 0 Å². The molecule has 0 radical (unpaired) electrons. The molecule has 0 aliphatic carbocycles. The third-order valence-electron chi connectivity index (χ3n) is 2.70. The molecule has 1 aromatic rings. The fourth-order valence-corrected chi connectivity index (χ4v) is 1.73. The van der Waals surface area contributed by atoms with Gasteiger partial charge >= 0.3 is 5.97 Å². The highest BCUT2D eigenvalue weighted by molar-refractivity contribution is 6.16. The van der Waals surface area contributed by atoms with E-state index in [0.717, 1.165) is 29.5 Å². The van der Waals surface area contributed by atoms with E-state index in [9.17, 15) is 4.79 Å². The van der Waals surface area contributed by atoms with Gasteiger partial charge in [0, 0.05) is 17.5 Å². The molecular formula is C17H20O3. The van der Waals surface area contributed by atoms with Crippen LogP contribution in [0.3, 0.4) is 0 Å². The number of benzene rings is 1. The molecule has 0 aliphatic rings. The minimum absolute atomic E-state index is 0.371. The van der Waals surface area contributed by atoms with Gasteiger partial charge in [-0.25, -0.2) is 4.79 Å². The minimum atomic E-state index is -0.436. The molecule has 0 amide bonds. The summed E-state index contributed by atoms with van der Waals surface area (Å²) >= 11 is 0. The Kier molecular flexibility index (Phi) is 6.39. The van der Waals surface area contributed by atoms with Crippen molar-refractivity contribution in [2.24, 2.45) is 0 Å². The number of hydrogen-bond donors (Lipinski definition) is 0. The normalized spacial score (nSPS) is 10.5. The van der Waals surface area contributed by atoms with Gasteiger partial charge in [0.05, 0.1) is 20.5 Å². The molecule has 0 bridgehead atoms. The highest BCUT2D eigenvalue weighted by Crippen LogP contribution is 2.21. The maximum atomic E-state index is 11.9. The smallest absolute Gasteiger partial charge is 0.341 e. The Morgan fingerprint density at radius 2 is 2.10 bits per heavy atom. The van der Waals surface area contributed by atoms with Crippen LogP contribution in [0.4, 0.5) is 0 Å². The van der Waals surface area contributed by atoms with Crippen molar-refractivity contribution >= 4 is 11.5 Å². The number of methoxy groups -OCH3 is 2. The molecule has 0 fully saturated rings. The summed E-state index contributed by atoms with van der Waals surface area (Å²) in [4.78, 5) is 11.9. The van der Waals surface area contributed by atoms with Gasteiger partial charge in [-0.15, -0.1) is 0 Å². The van der Waals surface area contributed by atoms with E-state index in [2.05, 4.69) is 18.8 Å². The Labute approximate surface area is 120 Å². The third kappa shape index (κ3) is 4.17. The summed E-state index contributed by atoms with van der Waals surface area (Å²) in [7, 11) is 2.85. The molecule has 0 atom stereocenters. The zero-order valence-corrected chi connectivity index (χ0v) is 12.4. The maximum absolute atomic E-state index is 11.9. The summed E-state index contributed by atoms with van der Waals surface area (Å²) in [5.41, 5.74) is 3.01. The van der Waals surface area contributed by atoms with Gasteiger partial charge in [0.2, 0.25) is 0 Å². The van der Waals surface area contributed by atoms with Crippen molar-refractivity contribution in [1.82, 2.24) is 0 Å². The van der Waals surface area contributed by atoms with Crippen molar-refractivity contribution in [2.45, 2.75) is 26.7 Å². The minimum Gasteiger partial charge on any atom is -0.503 e. The standard InChI is InChI=1S/C17H20O3/c1-5-6-7-8-14-11-13(2)9-10-15(14)16(12-19-3)17(18)20-4/h9-12H,5-6H2,1-4H3/b16-12+. The fraction of sp³-hybridized carbons (Fsp3) is 0.353. The van der Waals surface area contributed by atoms with E-state index in [0.29, 0.717) is 5.57 Å². The van der Waals surface area contributed by atoms with Gasteiger partial charge in [-0.05, 0) is 25.0 Å². The summed E-state index contributed by atoms with van der Waals surface area (Å²) in [6, 6.07) is 5.77. The Bertz CT molecular complexity index is 559. The Morgan fingerprint density at radius 1 is 1.35 bits per heavy atom. The van der Waals surface area contributed by atoms with E-state index >= 15 is 0 Å². The predicted octanol–water partition coefficient (Wildman–Crippen LogP) is 3.31. The van der Waals surface area contributed by atoms with E-state index in [-0.39, 0.29) is 0 Å². The number of aryl methyl sites for hydroxylation is 1. The van der Waals surface area contributed by atoms with Gasteiger partial charge in [0.15, 0.2) is 0 Å². The molecule has 0 aromatic heterocycles. The van der Waals surface area contributed by atoms with Crippen molar-refractivity contribution in [3.63, 3.8) is 0 Å². The Hall–Kier alpha value is -2.21. The largest absolute Gasteiger partial charge is 0.503 e. The lowest BCUT2D eigenvalue weighted by Crippen LogP contribution is -2.06. The van der Waals surface area contributed by atoms with E-state index in [1.54, 1.807) is 0 Å². The van der Waals surface area contributed by atoms with Crippen LogP contribution in [0.5, 0.6) is 0 Å². The van der Waals surface area contributed by atoms with Crippen LogP contribution in [0, 0.1) is 18.8 Å². The first-order valence-corrected chi connectivity index (χ1v) is 6.55. The molecule has 1 rings (SSSR count). The summed E-state index contributed by atoms with van der Waals surface area (Å²) in [6.07, 6.45) is 3.22. The summed E-state index contributed by atoms with van der Waals surface area (Å²) in [6.45, 7) is 4.07. The topological polar surface area (TPSA) is 35.5 Å². The summed E-state index contributed by atoms with van der Waals surface area (Å²) in [5.74, 6) is 5.79. The van der Waals surface area contributed by atoms with E-state index < -0.39 is 5.97 Å². The van der Waals surface area contributed by atoms with E-state index in [1.165, 1.54) is 20.5 Å². The van der Waals surface area contributed by atoms with Gasteiger partial charge in [0.25, 0.3) is 0 Å². The van der Waals surface area contributed by atoms with Crippen LogP contribution in [-0.4, -0.2) is 20.2 Å². The van der Waals surface area contributed by atoms with Crippen molar-refractivity contribution in [3.8, 4) is 11.8 Å². The van der Waals surface area contributed by atoms with Crippen molar-refractivity contribution < 1.29 is 14.3 Å². The zero-order valence-electron chi connectivity index (χ0n) is 12.4. The molecule has 0 aliphatic heterocycles. The van der Waals surface area contributed by atoms with Gasteiger partial charge in [0.1, 0.15) is 5.57 Å². The predicted molar refractivity (Wildman–Crippen MR) is 80.0 cm³/mol. The molecule has 0 unspecified atom stereocenters. The molecule has 20 heavy (non-hydrogen) atoms. The van der Waals surface area contributed by atoms with Gasteiger partial charge < -0.3 is 9.47 Å². The average molecular weight is 272 g/mol. The first-order valence-electron chi connectivity index (χ1n) is 6.55. The van der Waals surface area contributed by atoms with Crippen LogP contribution in [-0.2, 0) is 14.3 Å². The lowest BCUT2D eigenvalue weighted by Gasteiger charge is -2.09. The molecule has 0 heterocycles. The Balaban J connectivity index is 3.32. The molecule has 0 spiro atoms. The maximum Gasteiger partial charge on any atom is 0.341 e.